The number of aliphatic hydroxyl groups is 1. The molecule has 0 aliphatic rings. The number of rotatable bonds is 15. The van der Waals surface area contributed by atoms with Gasteiger partial charge in [0.05, 0.1) is 30.9 Å². The number of aromatic nitrogens is 2. The van der Waals surface area contributed by atoms with Crippen LogP contribution < -0.4 is 16.4 Å². The Bertz CT molecular complexity index is 1500. The Morgan fingerprint density at radius 3 is 2.39 bits per heavy atom. The van der Waals surface area contributed by atoms with Gasteiger partial charge in [0.15, 0.2) is 0 Å². The molecule has 6 N–H and O–H groups in total. The molecule has 232 valence electrons. The SMILES string of the molecule is CC(C)C[C@H](NC(=O)C(Cc1cnc[nH]1)NC(=O)[C@H](N)Cc1cccc2ccccc12)[C@@H](O)CC(=O)OCc1ccccc1. The first kappa shape index (κ1) is 32.4. The van der Waals surface area contributed by atoms with E-state index in [1.165, 1.54) is 6.33 Å². The summed E-state index contributed by atoms with van der Waals surface area (Å²) < 4.78 is 5.34. The van der Waals surface area contributed by atoms with Crippen molar-refractivity contribution in [1.82, 2.24) is 20.6 Å². The Morgan fingerprint density at radius 2 is 1.66 bits per heavy atom. The number of amides is 2. The summed E-state index contributed by atoms with van der Waals surface area (Å²) in [4.78, 5) is 46.4. The summed E-state index contributed by atoms with van der Waals surface area (Å²) in [6.45, 7) is 4.00. The van der Waals surface area contributed by atoms with Crippen LogP contribution in [0.3, 0.4) is 0 Å². The molecule has 4 aromatic rings. The number of H-pyrrole nitrogens is 1. The minimum Gasteiger partial charge on any atom is -0.461 e. The van der Waals surface area contributed by atoms with Gasteiger partial charge in [-0.15, -0.1) is 0 Å². The van der Waals surface area contributed by atoms with E-state index >= 15 is 0 Å². The molecule has 0 bridgehead atoms. The Balaban J connectivity index is 1.42. The Kier molecular flexibility index (Phi) is 11.6. The fourth-order valence-corrected chi connectivity index (χ4v) is 5.12. The van der Waals surface area contributed by atoms with Crippen molar-refractivity contribution in [1.29, 1.82) is 0 Å². The van der Waals surface area contributed by atoms with E-state index in [1.807, 2.05) is 86.6 Å². The molecule has 1 heterocycles. The minimum absolute atomic E-state index is 0.0882. The number of carbonyl (C=O) groups is 3. The number of aromatic amines is 1. The molecular weight excluding hydrogens is 558 g/mol. The molecule has 0 fully saturated rings. The van der Waals surface area contributed by atoms with Crippen molar-refractivity contribution < 1.29 is 24.2 Å². The van der Waals surface area contributed by atoms with Gasteiger partial charge in [0.1, 0.15) is 12.6 Å². The molecule has 1 unspecified atom stereocenters. The van der Waals surface area contributed by atoms with Gasteiger partial charge in [-0.25, -0.2) is 4.98 Å². The second kappa shape index (κ2) is 15.8. The topological polar surface area (TPSA) is 159 Å². The lowest BCUT2D eigenvalue weighted by Crippen LogP contribution is -2.56. The predicted octanol–water partition coefficient (Wildman–Crippen LogP) is 3.19. The maximum absolute atomic E-state index is 13.6. The number of imidazole rings is 1. The minimum atomic E-state index is -1.19. The molecule has 10 nitrogen and oxygen atoms in total. The average Bonchev–Trinajstić information content (AvgIpc) is 3.53. The van der Waals surface area contributed by atoms with Crippen LogP contribution in [0.25, 0.3) is 10.8 Å². The van der Waals surface area contributed by atoms with Crippen LogP contribution in [-0.4, -0.2) is 57.1 Å². The molecule has 3 aromatic carbocycles. The average molecular weight is 600 g/mol. The fourth-order valence-electron chi connectivity index (χ4n) is 5.12. The lowest BCUT2D eigenvalue weighted by Gasteiger charge is -2.28. The van der Waals surface area contributed by atoms with Gasteiger partial charge in [-0.3, -0.25) is 14.4 Å². The molecule has 0 aliphatic heterocycles. The van der Waals surface area contributed by atoms with Gasteiger partial charge in [-0.05, 0) is 40.7 Å². The first-order valence-corrected chi connectivity index (χ1v) is 14.9. The summed E-state index contributed by atoms with van der Waals surface area (Å²) in [7, 11) is 0. The number of nitrogens with one attached hydrogen (secondary N) is 3. The number of nitrogens with two attached hydrogens (primary N) is 1. The third kappa shape index (κ3) is 9.48. The zero-order chi connectivity index (χ0) is 31.5. The third-order valence-electron chi connectivity index (χ3n) is 7.40. The number of fused-ring (bicyclic) bond motifs is 1. The Labute approximate surface area is 257 Å². The largest absolute Gasteiger partial charge is 0.461 e. The summed E-state index contributed by atoms with van der Waals surface area (Å²) >= 11 is 0. The molecule has 0 saturated carbocycles. The molecule has 44 heavy (non-hydrogen) atoms. The zero-order valence-electron chi connectivity index (χ0n) is 25.1. The monoisotopic (exact) mass is 599 g/mol. The van der Waals surface area contributed by atoms with Crippen LogP contribution in [0.4, 0.5) is 0 Å². The van der Waals surface area contributed by atoms with Crippen LogP contribution in [0.2, 0.25) is 0 Å². The van der Waals surface area contributed by atoms with E-state index in [9.17, 15) is 19.5 Å². The van der Waals surface area contributed by atoms with E-state index in [0.29, 0.717) is 12.1 Å². The highest BCUT2D eigenvalue weighted by Crippen LogP contribution is 2.20. The van der Waals surface area contributed by atoms with Crippen LogP contribution >= 0.6 is 0 Å². The predicted molar refractivity (Wildman–Crippen MR) is 168 cm³/mol. The van der Waals surface area contributed by atoms with Gasteiger partial charge in [-0.1, -0.05) is 86.6 Å². The number of carbonyl (C=O) groups excluding carboxylic acids is 3. The molecule has 2 amide bonds. The smallest absolute Gasteiger partial charge is 0.308 e. The van der Waals surface area contributed by atoms with Crippen molar-refractivity contribution >= 4 is 28.6 Å². The van der Waals surface area contributed by atoms with Crippen molar-refractivity contribution in [3.63, 3.8) is 0 Å². The Morgan fingerprint density at radius 1 is 0.932 bits per heavy atom. The van der Waals surface area contributed by atoms with E-state index in [2.05, 4.69) is 20.6 Å². The van der Waals surface area contributed by atoms with Gasteiger partial charge in [0.2, 0.25) is 11.8 Å². The van der Waals surface area contributed by atoms with E-state index in [1.54, 1.807) is 6.20 Å². The van der Waals surface area contributed by atoms with Crippen LogP contribution in [-0.2, 0) is 38.6 Å². The second-order valence-electron chi connectivity index (χ2n) is 11.5. The number of hydrogen-bond donors (Lipinski definition) is 5. The number of ether oxygens (including phenoxy) is 1. The number of benzene rings is 3. The summed E-state index contributed by atoms with van der Waals surface area (Å²) in [5, 5.41) is 18.7. The summed E-state index contributed by atoms with van der Waals surface area (Å²) in [5.74, 6) is -1.47. The van der Waals surface area contributed by atoms with Gasteiger partial charge in [0.25, 0.3) is 0 Å². The van der Waals surface area contributed by atoms with Crippen LogP contribution in [0, 0.1) is 5.92 Å². The lowest BCUT2D eigenvalue weighted by molar-refractivity contribution is -0.148. The van der Waals surface area contributed by atoms with E-state index in [4.69, 9.17) is 10.5 Å². The molecule has 0 aliphatic carbocycles. The highest BCUT2D eigenvalue weighted by Gasteiger charge is 2.30. The fraction of sp³-hybridized carbons (Fsp3) is 0.353. The number of esters is 1. The van der Waals surface area contributed by atoms with E-state index in [-0.39, 0.29) is 31.8 Å². The third-order valence-corrected chi connectivity index (χ3v) is 7.40. The first-order chi connectivity index (χ1) is 21.2. The van der Waals surface area contributed by atoms with E-state index in [0.717, 1.165) is 21.9 Å². The van der Waals surface area contributed by atoms with Crippen molar-refractivity contribution in [2.24, 2.45) is 11.7 Å². The quantitative estimate of drug-likeness (QED) is 0.131. The molecule has 0 spiro atoms. The van der Waals surface area contributed by atoms with Crippen molar-refractivity contribution in [2.45, 2.75) is 70.4 Å². The summed E-state index contributed by atoms with van der Waals surface area (Å²) in [6.07, 6.45) is 2.40. The van der Waals surface area contributed by atoms with Gasteiger partial charge in [-0.2, -0.15) is 0 Å². The zero-order valence-corrected chi connectivity index (χ0v) is 25.1. The maximum Gasteiger partial charge on any atom is 0.308 e. The van der Waals surface area contributed by atoms with Crippen LogP contribution in [0.15, 0.2) is 85.3 Å². The molecular formula is C34H41N5O5. The van der Waals surface area contributed by atoms with Crippen molar-refractivity contribution in [2.75, 3.05) is 0 Å². The van der Waals surface area contributed by atoms with Crippen LogP contribution in [0.5, 0.6) is 0 Å². The molecule has 10 heteroatoms. The summed E-state index contributed by atoms with van der Waals surface area (Å²) in [5.41, 5.74) is 8.75. The number of nitrogens with zero attached hydrogens (tertiary/aromatic N) is 1. The van der Waals surface area contributed by atoms with Crippen molar-refractivity contribution in [3.05, 3.63) is 102 Å². The highest BCUT2D eigenvalue weighted by molar-refractivity contribution is 5.91. The normalized spacial score (nSPS) is 14.0. The lowest BCUT2D eigenvalue weighted by atomic mass is 9.96. The van der Waals surface area contributed by atoms with E-state index < -0.39 is 42.0 Å². The maximum atomic E-state index is 13.6. The second-order valence-corrected chi connectivity index (χ2v) is 11.5. The highest BCUT2D eigenvalue weighted by atomic mass is 16.5. The van der Waals surface area contributed by atoms with Crippen molar-refractivity contribution in [3.8, 4) is 0 Å². The molecule has 4 rings (SSSR count). The number of aliphatic hydroxyl groups excluding tert-OH is 1. The van der Waals surface area contributed by atoms with Gasteiger partial charge in [0, 0.05) is 18.3 Å². The van der Waals surface area contributed by atoms with Gasteiger partial charge >= 0.3 is 5.97 Å². The Hall–Kier alpha value is -4.54. The van der Waals surface area contributed by atoms with Crippen LogP contribution in [0.1, 0.15) is 43.5 Å². The first-order valence-electron chi connectivity index (χ1n) is 14.9. The molecule has 0 saturated heterocycles. The molecule has 1 aromatic heterocycles. The summed E-state index contributed by atoms with van der Waals surface area (Å²) in [6, 6.07) is 20.3. The number of hydrogen-bond acceptors (Lipinski definition) is 7. The van der Waals surface area contributed by atoms with Gasteiger partial charge < -0.3 is 31.2 Å². The molecule has 4 atom stereocenters. The molecule has 0 radical (unpaired) electrons. The standard InChI is InChI=1S/C34H41N5O5/c1-22(2)15-29(31(40)18-32(41)44-20-23-9-4-3-5-10-23)38-34(43)30(17-26-19-36-21-37-26)39-33(42)28(35)16-25-13-8-12-24-11-6-7-14-27(24)25/h3-14,19,21-22,28-31,40H,15-18,20,35H2,1-2H3,(H,36,37)(H,38,43)(H,39,42)/t28-,29+,30?,31+/m1/s1.